The molecular weight excluding hydrogens is 324 g/mol. The predicted octanol–water partition coefficient (Wildman–Crippen LogP) is 4.06. The molecule has 2 rings (SSSR count). The fraction of sp³-hybridized carbons (Fsp3) is 0.600. The third-order valence-electron chi connectivity index (χ3n) is 3.97. The first-order chi connectivity index (χ1) is 9.13. The van der Waals surface area contributed by atoms with E-state index in [4.69, 9.17) is 11.6 Å². The van der Waals surface area contributed by atoms with Crippen LogP contribution in [0, 0.1) is 0 Å². The summed E-state index contributed by atoms with van der Waals surface area (Å²) in [6.07, 6.45) is 2.38. The number of hydrogen-bond acceptors (Lipinski definition) is 2. The van der Waals surface area contributed by atoms with Gasteiger partial charge in [0.05, 0.1) is 0 Å². The minimum absolute atomic E-state index is 0.619. The summed E-state index contributed by atoms with van der Waals surface area (Å²) in [5.74, 6) is 0. The standard InChI is InChI=1S/C15H22BrClN2/c1-3-13-10-19(14(4-2)8-18-13)9-11-5-6-12(17)7-15(11)16/h5-7,13-14,18H,3-4,8-10H2,1-2H3. The molecule has 0 radical (unpaired) electrons. The van der Waals surface area contributed by atoms with Gasteiger partial charge in [0, 0.05) is 41.2 Å². The molecule has 2 unspecified atom stereocenters. The maximum Gasteiger partial charge on any atom is 0.0417 e. The predicted molar refractivity (Wildman–Crippen MR) is 85.7 cm³/mol. The van der Waals surface area contributed by atoms with E-state index in [1.165, 1.54) is 18.4 Å². The van der Waals surface area contributed by atoms with Gasteiger partial charge in [-0.15, -0.1) is 0 Å². The van der Waals surface area contributed by atoms with Crippen LogP contribution >= 0.6 is 27.5 Å². The van der Waals surface area contributed by atoms with Gasteiger partial charge < -0.3 is 5.32 Å². The molecule has 1 aliphatic rings. The number of nitrogens with one attached hydrogen (secondary N) is 1. The lowest BCUT2D eigenvalue weighted by molar-refractivity contribution is 0.117. The number of rotatable bonds is 4. The Bertz CT molecular complexity index is 425. The van der Waals surface area contributed by atoms with Crippen LogP contribution in [0.25, 0.3) is 0 Å². The van der Waals surface area contributed by atoms with Crippen LogP contribution in [-0.4, -0.2) is 30.1 Å². The molecule has 19 heavy (non-hydrogen) atoms. The highest BCUT2D eigenvalue weighted by Crippen LogP contribution is 2.24. The molecule has 1 aliphatic heterocycles. The van der Waals surface area contributed by atoms with Crippen molar-refractivity contribution in [3.8, 4) is 0 Å². The molecule has 2 atom stereocenters. The Morgan fingerprint density at radius 1 is 1.37 bits per heavy atom. The van der Waals surface area contributed by atoms with Crippen molar-refractivity contribution in [2.24, 2.45) is 0 Å². The molecule has 0 spiro atoms. The van der Waals surface area contributed by atoms with Crippen molar-refractivity contribution in [3.05, 3.63) is 33.3 Å². The second-order valence-electron chi connectivity index (χ2n) is 5.24. The van der Waals surface area contributed by atoms with Crippen molar-refractivity contribution >= 4 is 27.5 Å². The van der Waals surface area contributed by atoms with E-state index in [2.05, 4.69) is 46.1 Å². The summed E-state index contributed by atoms with van der Waals surface area (Å²) in [4.78, 5) is 2.60. The third-order valence-corrected chi connectivity index (χ3v) is 4.94. The first-order valence-electron chi connectivity index (χ1n) is 7.05. The van der Waals surface area contributed by atoms with Crippen molar-refractivity contribution in [2.45, 2.75) is 45.3 Å². The summed E-state index contributed by atoms with van der Waals surface area (Å²) in [6, 6.07) is 7.33. The summed E-state index contributed by atoms with van der Waals surface area (Å²) in [5.41, 5.74) is 1.32. The Balaban J connectivity index is 2.09. The molecule has 1 N–H and O–H groups in total. The van der Waals surface area contributed by atoms with Gasteiger partial charge in [0.2, 0.25) is 0 Å². The van der Waals surface area contributed by atoms with Crippen LogP contribution in [0.3, 0.4) is 0 Å². The molecule has 1 heterocycles. The van der Waals surface area contributed by atoms with E-state index in [9.17, 15) is 0 Å². The second kappa shape index (κ2) is 7.07. The third kappa shape index (κ3) is 3.94. The molecule has 106 valence electrons. The smallest absolute Gasteiger partial charge is 0.0417 e. The Kier molecular flexibility index (Phi) is 5.70. The van der Waals surface area contributed by atoms with Gasteiger partial charge in [-0.25, -0.2) is 0 Å². The Labute approximate surface area is 129 Å². The van der Waals surface area contributed by atoms with Crippen LogP contribution in [-0.2, 0) is 6.54 Å². The van der Waals surface area contributed by atoms with Crippen LogP contribution in [0.2, 0.25) is 5.02 Å². The van der Waals surface area contributed by atoms with Gasteiger partial charge in [-0.1, -0.05) is 47.4 Å². The normalized spacial score (nSPS) is 24.6. The lowest BCUT2D eigenvalue weighted by Crippen LogP contribution is -2.55. The maximum absolute atomic E-state index is 6.01. The summed E-state index contributed by atoms with van der Waals surface area (Å²) >= 11 is 9.63. The number of hydrogen-bond donors (Lipinski definition) is 1. The fourth-order valence-corrected chi connectivity index (χ4v) is 3.47. The van der Waals surface area contributed by atoms with Gasteiger partial charge in [-0.3, -0.25) is 4.90 Å². The summed E-state index contributed by atoms with van der Waals surface area (Å²) < 4.78 is 1.11. The molecule has 1 saturated heterocycles. The Hall–Kier alpha value is -0.0900. The lowest BCUT2D eigenvalue weighted by Gasteiger charge is -2.40. The van der Waals surface area contributed by atoms with Crippen molar-refractivity contribution in [1.29, 1.82) is 0 Å². The van der Waals surface area contributed by atoms with E-state index in [1.54, 1.807) is 0 Å². The van der Waals surface area contributed by atoms with E-state index < -0.39 is 0 Å². The van der Waals surface area contributed by atoms with E-state index >= 15 is 0 Å². The first-order valence-corrected chi connectivity index (χ1v) is 8.22. The lowest BCUT2D eigenvalue weighted by atomic mass is 10.0. The van der Waals surface area contributed by atoms with Crippen LogP contribution in [0.5, 0.6) is 0 Å². The molecule has 2 nitrogen and oxygen atoms in total. The monoisotopic (exact) mass is 344 g/mol. The summed E-state index contributed by atoms with van der Waals surface area (Å²) in [5, 5.41) is 4.42. The molecule has 0 amide bonds. The summed E-state index contributed by atoms with van der Waals surface area (Å²) in [6.45, 7) is 7.74. The average molecular weight is 346 g/mol. The quantitative estimate of drug-likeness (QED) is 0.885. The van der Waals surface area contributed by atoms with E-state index in [0.717, 1.165) is 29.1 Å². The highest BCUT2D eigenvalue weighted by molar-refractivity contribution is 9.10. The zero-order valence-corrected chi connectivity index (χ0v) is 14.0. The van der Waals surface area contributed by atoms with Gasteiger partial charge >= 0.3 is 0 Å². The number of halogens is 2. The molecular formula is C15H22BrClN2. The van der Waals surface area contributed by atoms with Gasteiger partial charge in [-0.2, -0.15) is 0 Å². The molecule has 0 aromatic heterocycles. The molecule has 0 bridgehead atoms. The fourth-order valence-electron chi connectivity index (χ4n) is 2.67. The second-order valence-corrected chi connectivity index (χ2v) is 6.53. The van der Waals surface area contributed by atoms with Gasteiger partial charge in [0.15, 0.2) is 0 Å². The van der Waals surface area contributed by atoms with Gasteiger partial charge in [-0.05, 0) is 30.5 Å². The molecule has 0 saturated carbocycles. The first kappa shape index (κ1) is 15.3. The van der Waals surface area contributed by atoms with Gasteiger partial charge in [0.1, 0.15) is 0 Å². The maximum atomic E-state index is 6.01. The van der Waals surface area contributed by atoms with E-state index in [-0.39, 0.29) is 0 Å². The molecule has 4 heteroatoms. The minimum Gasteiger partial charge on any atom is -0.311 e. The topological polar surface area (TPSA) is 15.3 Å². The van der Waals surface area contributed by atoms with Crippen molar-refractivity contribution in [3.63, 3.8) is 0 Å². The highest BCUT2D eigenvalue weighted by atomic mass is 79.9. The van der Waals surface area contributed by atoms with Gasteiger partial charge in [0.25, 0.3) is 0 Å². The van der Waals surface area contributed by atoms with Crippen molar-refractivity contribution < 1.29 is 0 Å². The van der Waals surface area contributed by atoms with Crippen molar-refractivity contribution in [1.82, 2.24) is 10.2 Å². The SMILES string of the molecule is CCC1CN(Cc2ccc(Cl)cc2Br)C(CC)CN1. The number of nitrogens with zero attached hydrogens (tertiary/aromatic N) is 1. The zero-order valence-electron chi connectivity index (χ0n) is 11.6. The van der Waals surface area contributed by atoms with Crippen LogP contribution < -0.4 is 5.32 Å². The highest BCUT2D eigenvalue weighted by Gasteiger charge is 2.26. The van der Waals surface area contributed by atoms with E-state index in [0.29, 0.717) is 12.1 Å². The van der Waals surface area contributed by atoms with Crippen molar-refractivity contribution in [2.75, 3.05) is 13.1 Å². The molecule has 1 fully saturated rings. The van der Waals surface area contributed by atoms with Crippen LogP contribution in [0.15, 0.2) is 22.7 Å². The Morgan fingerprint density at radius 2 is 2.16 bits per heavy atom. The average Bonchev–Trinajstić information content (AvgIpc) is 2.41. The zero-order chi connectivity index (χ0) is 13.8. The Morgan fingerprint density at radius 3 is 2.79 bits per heavy atom. The minimum atomic E-state index is 0.619. The van der Waals surface area contributed by atoms with Crippen LogP contribution in [0.4, 0.5) is 0 Å². The van der Waals surface area contributed by atoms with E-state index in [1.807, 2.05) is 12.1 Å². The number of benzene rings is 1. The molecule has 0 aliphatic carbocycles. The molecule has 1 aromatic rings. The number of piperazine rings is 1. The molecule has 1 aromatic carbocycles. The van der Waals surface area contributed by atoms with Crippen LogP contribution in [0.1, 0.15) is 32.3 Å². The summed E-state index contributed by atoms with van der Waals surface area (Å²) in [7, 11) is 0. The largest absolute Gasteiger partial charge is 0.311 e.